The Balaban J connectivity index is 2.83. The van der Waals surface area contributed by atoms with Gasteiger partial charge in [0.05, 0.1) is 6.54 Å². The van der Waals surface area contributed by atoms with Crippen LogP contribution in [0.4, 0.5) is 5.69 Å². The second-order valence-corrected chi connectivity index (χ2v) is 2.99. The highest BCUT2D eigenvalue weighted by molar-refractivity contribution is 5.94. The van der Waals surface area contributed by atoms with E-state index >= 15 is 0 Å². The third-order valence-corrected chi connectivity index (χ3v) is 1.97. The Kier molecular flexibility index (Phi) is 3.03. The van der Waals surface area contributed by atoms with E-state index in [0.717, 1.165) is 5.69 Å². The van der Waals surface area contributed by atoms with Gasteiger partial charge in [-0.3, -0.25) is 4.79 Å². The molecule has 0 unspecified atom stereocenters. The van der Waals surface area contributed by atoms with Gasteiger partial charge in [0.25, 0.3) is 0 Å². The lowest BCUT2D eigenvalue weighted by Gasteiger charge is -2.16. The van der Waals surface area contributed by atoms with Crippen LogP contribution in [-0.4, -0.2) is 19.5 Å². The quantitative estimate of drug-likeness (QED) is 0.731. The summed E-state index contributed by atoms with van der Waals surface area (Å²) in [5.41, 5.74) is 7.30. The van der Waals surface area contributed by atoms with Gasteiger partial charge in [0.2, 0.25) is 5.91 Å². The summed E-state index contributed by atoms with van der Waals surface area (Å²) in [4.78, 5) is 12.8. The predicted octanol–water partition coefficient (Wildman–Crippen LogP) is 0.917. The molecule has 13 heavy (non-hydrogen) atoms. The van der Waals surface area contributed by atoms with Crippen LogP contribution in [0.1, 0.15) is 5.56 Å². The number of nitrogens with zero attached hydrogens (tertiary/aromatic N) is 1. The van der Waals surface area contributed by atoms with Gasteiger partial charge in [-0.2, -0.15) is 0 Å². The zero-order valence-electron chi connectivity index (χ0n) is 7.95. The van der Waals surface area contributed by atoms with E-state index in [1.165, 1.54) is 5.56 Å². The lowest BCUT2D eigenvalue weighted by atomic mass is 10.2. The monoisotopic (exact) mass is 178 g/mol. The number of likely N-dealkylation sites (N-methyl/N-ethyl adjacent to an activating group) is 1. The molecule has 3 heteroatoms. The van der Waals surface area contributed by atoms with Crippen LogP contribution in [0.25, 0.3) is 0 Å². The van der Waals surface area contributed by atoms with Crippen molar-refractivity contribution in [1.29, 1.82) is 0 Å². The lowest BCUT2D eigenvalue weighted by molar-refractivity contribution is -0.117. The predicted molar refractivity (Wildman–Crippen MR) is 53.6 cm³/mol. The second kappa shape index (κ2) is 4.05. The third kappa shape index (κ3) is 2.29. The molecule has 3 nitrogen and oxygen atoms in total. The summed E-state index contributed by atoms with van der Waals surface area (Å²) < 4.78 is 0. The van der Waals surface area contributed by atoms with E-state index in [4.69, 9.17) is 5.73 Å². The summed E-state index contributed by atoms with van der Waals surface area (Å²) in [6.45, 7) is 2.05. The highest BCUT2D eigenvalue weighted by Gasteiger charge is 2.07. The van der Waals surface area contributed by atoms with Crippen LogP contribution in [0.3, 0.4) is 0 Å². The van der Waals surface area contributed by atoms with Gasteiger partial charge in [-0.1, -0.05) is 17.7 Å². The van der Waals surface area contributed by atoms with Crippen LogP contribution in [-0.2, 0) is 4.79 Å². The van der Waals surface area contributed by atoms with E-state index in [0.29, 0.717) is 0 Å². The van der Waals surface area contributed by atoms with Gasteiger partial charge in [0.15, 0.2) is 0 Å². The minimum Gasteiger partial charge on any atom is -0.322 e. The molecule has 0 fully saturated rings. The van der Waals surface area contributed by atoms with Crippen LogP contribution >= 0.6 is 0 Å². The summed E-state index contributed by atoms with van der Waals surface area (Å²) in [5, 5.41) is 0. The Bertz CT molecular complexity index is 292. The number of amides is 1. The molecule has 0 heterocycles. The molecule has 0 aliphatic carbocycles. The largest absolute Gasteiger partial charge is 0.322 e. The SMILES string of the molecule is Cc1ccc(N(C)C(=O)CN)cc1. The van der Waals surface area contributed by atoms with Crippen molar-refractivity contribution >= 4 is 11.6 Å². The van der Waals surface area contributed by atoms with E-state index in [2.05, 4.69) is 0 Å². The Morgan fingerprint density at radius 1 is 1.38 bits per heavy atom. The van der Waals surface area contributed by atoms with Crippen molar-refractivity contribution in [2.75, 3.05) is 18.5 Å². The molecule has 0 saturated carbocycles. The minimum atomic E-state index is -0.0798. The highest BCUT2D eigenvalue weighted by atomic mass is 16.2. The standard InChI is InChI=1S/C10H14N2O/c1-8-3-5-9(6-4-8)12(2)10(13)7-11/h3-6H,7,11H2,1-2H3. The first-order valence-electron chi connectivity index (χ1n) is 4.18. The van der Waals surface area contributed by atoms with Crippen LogP contribution in [0.5, 0.6) is 0 Å². The molecular weight excluding hydrogens is 164 g/mol. The number of carbonyl (C=O) groups excluding carboxylic acids is 1. The minimum absolute atomic E-state index is 0.0460. The molecule has 0 aliphatic heterocycles. The maximum absolute atomic E-state index is 11.2. The van der Waals surface area contributed by atoms with Gasteiger partial charge in [-0.15, -0.1) is 0 Å². The van der Waals surface area contributed by atoms with Gasteiger partial charge in [0, 0.05) is 12.7 Å². The van der Waals surface area contributed by atoms with Crippen molar-refractivity contribution in [2.45, 2.75) is 6.92 Å². The highest BCUT2D eigenvalue weighted by Crippen LogP contribution is 2.12. The molecule has 1 amide bonds. The van der Waals surface area contributed by atoms with Crippen LogP contribution in [0.2, 0.25) is 0 Å². The maximum Gasteiger partial charge on any atom is 0.240 e. The summed E-state index contributed by atoms with van der Waals surface area (Å²) in [6.07, 6.45) is 0. The molecule has 0 radical (unpaired) electrons. The maximum atomic E-state index is 11.2. The smallest absolute Gasteiger partial charge is 0.240 e. The third-order valence-electron chi connectivity index (χ3n) is 1.97. The number of benzene rings is 1. The van der Waals surface area contributed by atoms with E-state index < -0.39 is 0 Å². The van der Waals surface area contributed by atoms with Crippen molar-refractivity contribution in [3.8, 4) is 0 Å². The Hall–Kier alpha value is -1.35. The number of aryl methyl sites for hydroxylation is 1. The van der Waals surface area contributed by atoms with Crippen molar-refractivity contribution in [2.24, 2.45) is 5.73 Å². The Morgan fingerprint density at radius 3 is 2.38 bits per heavy atom. The first-order valence-corrected chi connectivity index (χ1v) is 4.18. The van der Waals surface area contributed by atoms with E-state index in [1.807, 2.05) is 31.2 Å². The molecule has 0 bridgehead atoms. The molecule has 0 spiro atoms. The number of nitrogens with two attached hydrogens (primary N) is 1. The molecule has 0 saturated heterocycles. The van der Waals surface area contributed by atoms with Crippen molar-refractivity contribution in [3.63, 3.8) is 0 Å². The molecule has 1 aromatic carbocycles. The van der Waals surface area contributed by atoms with E-state index in [1.54, 1.807) is 11.9 Å². The fourth-order valence-electron chi connectivity index (χ4n) is 1.05. The Labute approximate surface area is 78.2 Å². The Morgan fingerprint density at radius 2 is 1.92 bits per heavy atom. The second-order valence-electron chi connectivity index (χ2n) is 2.99. The van der Waals surface area contributed by atoms with E-state index in [-0.39, 0.29) is 12.5 Å². The molecule has 1 rings (SSSR count). The fourth-order valence-corrected chi connectivity index (χ4v) is 1.05. The molecule has 1 aromatic rings. The van der Waals surface area contributed by atoms with E-state index in [9.17, 15) is 4.79 Å². The van der Waals surface area contributed by atoms with Gasteiger partial charge >= 0.3 is 0 Å². The number of hydrogen-bond donors (Lipinski definition) is 1. The van der Waals surface area contributed by atoms with Crippen molar-refractivity contribution < 1.29 is 4.79 Å². The first-order chi connectivity index (χ1) is 6.15. The summed E-state index contributed by atoms with van der Waals surface area (Å²) in [5.74, 6) is -0.0798. The van der Waals surface area contributed by atoms with Gasteiger partial charge in [-0.25, -0.2) is 0 Å². The molecule has 2 N–H and O–H groups in total. The molecule has 0 aliphatic rings. The van der Waals surface area contributed by atoms with Gasteiger partial charge in [-0.05, 0) is 19.1 Å². The van der Waals surface area contributed by atoms with Crippen LogP contribution in [0.15, 0.2) is 24.3 Å². The topological polar surface area (TPSA) is 46.3 Å². The molecule has 0 atom stereocenters. The van der Waals surface area contributed by atoms with Crippen molar-refractivity contribution in [1.82, 2.24) is 0 Å². The van der Waals surface area contributed by atoms with Crippen molar-refractivity contribution in [3.05, 3.63) is 29.8 Å². The zero-order chi connectivity index (χ0) is 9.84. The van der Waals surface area contributed by atoms with Gasteiger partial charge < -0.3 is 10.6 Å². The molecule has 0 aromatic heterocycles. The molecule has 70 valence electrons. The van der Waals surface area contributed by atoms with Gasteiger partial charge in [0.1, 0.15) is 0 Å². The van der Waals surface area contributed by atoms with Crippen LogP contribution in [0, 0.1) is 6.92 Å². The first kappa shape index (κ1) is 9.74. The number of anilines is 1. The summed E-state index contributed by atoms with van der Waals surface area (Å²) >= 11 is 0. The van der Waals surface area contributed by atoms with Crippen LogP contribution < -0.4 is 10.6 Å². The normalized spacial score (nSPS) is 9.77. The lowest BCUT2D eigenvalue weighted by Crippen LogP contribution is -2.32. The number of carbonyl (C=O) groups is 1. The molecular formula is C10H14N2O. The summed E-state index contributed by atoms with van der Waals surface area (Å²) in [7, 11) is 1.72. The summed E-state index contributed by atoms with van der Waals surface area (Å²) in [6, 6.07) is 7.75. The zero-order valence-corrected chi connectivity index (χ0v) is 7.95. The number of rotatable bonds is 2. The fraction of sp³-hybridized carbons (Fsp3) is 0.300. The number of hydrogen-bond acceptors (Lipinski definition) is 2. The average molecular weight is 178 g/mol. The average Bonchev–Trinajstić information content (AvgIpc) is 2.17.